The Morgan fingerprint density at radius 3 is 2.58 bits per heavy atom. The lowest BCUT2D eigenvalue weighted by Gasteiger charge is -2.33. The molecule has 1 amide bonds. The standard InChI is InChI=1S/C13H16Br2ClNOS/c14-10-8-11(19-12(10)15)13(18)17(7-6-16)9-4-2-1-3-5-9/h8-9H,1-7H2. The molecule has 0 unspecified atom stereocenters. The molecule has 1 aromatic heterocycles. The molecule has 0 radical (unpaired) electrons. The molecule has 0 aliphatic heterocycles. The highest BCUT2D eigenvalue weighted by Gasteiger charge is 2.27. The normalized spacial score (nSPS) is 16.6. The van der Waals surface area contributed by atoms with Gasteiger partial charge in [-0.1, -0.05) is 19.3 Å². The second-order valence-corrected chi connectivity index (χ2v) is 8.31. The predicted molar refractivity (Wildman–Crippen MR) is 88.3 cm³/mol. The van der Waals surface area contributed by atoms with E-state index in [1.165, 1.54) is 30.6 Å². The van der Waals surface area contributed by atoms with Crippen LogP contribution in [0.5, 0.6) is 0 Å². The number of thiophene rings is 1. The van der Waals surface area contributed by atoms with Gasteiger partial charge in [0.1, 0.15) is 0 Å². The van der Waals surface area contributed by atoms with Gasteiger partial charge in [0.15, 0.2) is 0 Å². The van der Waals surface area contributed by atoms with E-state index in [1.807, 2.05) is 11.0 Å². The Kier molecular flexibility index (Phi) is 6.18. The quantitative estimate of drug-likeness (QED) is 0.596. The molecule has 1 aliphatic rings. The fraction of sp³-hybridized carbons (Fsp3) is 0.615. The van der Waals surface area contributed by atoms with Crippen molar-refractivity contribution in [1.29, 1.82) is 0 Å². The van der Waals surface area contributed by atoms with Gasteiger partial charge in [-0.2, -0.15) is 0 Å². The van der Waals surface area contributed by atoms with Crippen molar-refractivity contribution in [3.63, 3.8) is 0 Å². The van der Waals surface area contributed by atoms with Gasteiger partial charge in [0, 0.05) is 22.9 Å². The van der Waals surface area contributed by atoms with E-state index in [1.54, 1.807) is 0 Å². The van der Waals surface area contributed by atoms with Gasteiger partial charge >= 0.3 is 0 Å². The molecular weight excluding hydrogens is 413 g/mol. The number of hydrogen-bond donors (Lipinski definition) is 0. The predicted octanol–water partition coefficient (Wildman–Crippen LogP) is 5.29. The fourth-order valence-electron chi connectivity index (χ4n) is 2.53. The molecule has 0 aromatic carbocycles. The molecule has 1 heterocycles. The first kappa shape index (κ1) is 15.8. The van der Waals surface area contributed by atoms with Gasteiger partial charge < -0.3 is 4.90 Å². The minimum Gasteiger partial charge on any atom is -0.334 e. The second-order valence-electron chi connectivity index (χ2n) is 4.71. The monoisotopic (exact) mass is 427 g/mol. The number of hydrogen-bond acceptors (Lipinski definition) is 2. The minimum atomic E-state index is 0.115. The van der Waals surface area contributed by atoms with Crippen LogP contribution in [0.15, 0.2) is 14.3 Å². The molecule has 1 saturated carbocycles. The van der Waals surface area contributed by atoms with E-state index in [2.05, 4.69) is 31.9 Å². The van der Waals surface area contributed by atoms with Gasteiger partial charge in [-0.05, 0) is 50.8 Å². The van der Waals surface area contributed by atoms with Crippen LogP contribution in [-0.4, -0.2) is 29.3 Å². The number of rotatable bonds is 4. The van der Waals surface area contributed by atoms with Crippen molar-refractivity contribution in [2.75, 3.05) is 12.4 Å². The molecule has 0 atom stereocenters. The SMILES string of the molecule is O=C(c1cc(Br)c(Br)s1)N(CCCl)C1CCCCC1. The van der Waals surface area contributed by atoms with Crippen LogP contribution in [0, 0.1) is 0 Å². The Hall–Kier alpha value is 0.420. The van der Waals surface area contributed by atoms with Gasteiger partial charge in [-0.15, -0.1) is 22.9 Å². The largest absolute Gasteiger partial charge is 0.334 e. The van der Waals surface area contributed by atoms with E-state index in [9.17, 15) is 4.79 Å². The van der Waals surface area contributed by atoms with Crippen molar-refractivity contribution in [3.05, 3.63) is 19.2 Å². The topological polar surface area (TPSA) is 20.3 Å². The Morgan fingerprint density at radius 1 is 1.37 bits per heavy atom. The summed E-state index contributed by atoms with van der Waals surface area (Å²) in [6.45, 7) is 0.637. The maximum absolute atomic E-state index is 12.6. The fourth-order valence-corrected chi connectivity index (χ4v) is 4.70. The van der Waals surface area contributed by atoms with Crippen LogP contribution in [0.1, 0.15) is 41.8 Å². The summed E-state index contributed by atoms with van der Waals surface area (Å²) in [4.78, 5) is 15.4. The number of carbonyl (C=O) groups excluding carboxylic acids is 1. The maximum atomic E-state index is 12.6. The Bertz CT molecular complexity index is 426. The lowest BCUT2D eigenvalue weighted by atomic mass is 9.94. The van der Waals surface area contributed by atoms with Crippen LogP contribution in [0.4, 0.5) is 0 Å². The van der Waals surface area contributed by atoms with Crippen molar-refractivity contribution in [3.8, 4) is 0 Å². The summed E-state index contributed by atoms with van der Waals surface area (Å²) in [6, 6.07) is 2.25. The zero-order valence-electron chi connectivity index (χ0n) is 10.5. The summed E-state index contributed by atoms with van der Waals surface area (Å²) in [5.74, 6) is 0.611. The summed E-state index contributed by atoms with van der Waals surface area (Å²) in [5.41, 5.74) is 0. The average molecular weight is 430 g/mol. The maximum Gasteiger partial charge on any atom is 0.264 e. The molecule has 1 fully saturated rings. The Labute approximate surface area is 139 Å². The molecule has 1 aliphatic carbocycles. The number of halogens is 3. The van der Waals surface area contributed by atoms with Gasteiger partial charge in [0.25, 0.3) is 5.91 Å². The van der Waals surface area contributed by atoms with Gasteiger partial charge in [-0.3, -0.25) is 4.79 Å². The zero-order chi connectivity index (χ0) is 13.8. The van der Waals surface area contributed by atoms with Crippen molar-refractivity contribution >= 4 is 60.7 Å². The molecule has 106 valence electrons. The van der Waals surface area contributed by atoms with E-state index in [4.69, 9.17) is 11.6 Å². The third-order valence-electron chi connectivity index (χ3n) is 3.46. The van der Waals surface area contributed by atoms with Gasteiger partial charge in [-0.25, -0.2) is 0 Å². The number of amides is 1. The van der Waals surface area contributed by atoms with Crippen molar-refractivity contribution < 1.29 is 4.79 Å². The van der Waals surface area contributed by atoms with Gasteiger partial charge in [0.05, 0.1) is 8.66 Å². The number of nitrogens with zero attached hydrogens (tertiary/aromatic N) is 1. The highest BCUT2D eigenvalue weighted by Crippen LogP contribution is 2.34. The first-order valence-corrected chi connectivity index (χ1v) is 9.39. The molecule has 2 nitrogen and oxygen atoms in total. The van der Waals surface area contributed by atoms with Crippen LogP contribution in [-0.2, 0) is 0 Å². The van der Waals surface area contributed by atoms with Crippen molar-refractivity contribution in [1.82, 2.24) is 4.90 Å². The molecule has 0 spiro atoms. The lowest BCUT2D eigenvalue weighted by molar-refractivity contribution is 0.0654. The van der Waals surface area contributed by atoms with E-state index >= 15 is 0 Å². The van der Waals surface area contributed by atoms with Crippen LogP contribution < -0.4 is 0 Å². The first-order valence-electron chi connectivity index (χ1n) is 6.45. The molecule has 1 aromatic rings. The molecule has 0 saturated heterocycles. The third-order valence-corrected chi connectivity index (χ3v) is 6.87. The van der Waals surface area contributed by atoms with E-state index < -0.39 is 0 Å². The Balaban J connectivity index is 2.15. The van der Waals surface area contributed by atoms with E-state index in [-0.39, 0.29) is 5.91 Å². The lowest BCUT2D eigenvalue weighted by Crippen LogP contribution is -2.42. The molecular formula is C13H16Br2ClNOS. The highest BCUT2D eigenvalue weighted by atomic mass is 79.9. The number of carbonyl (C=O) groups is 1. The zero-order valence-corrected chi connectivity index (χ0v) is 15.2. The summed E-state index contributed by atoms with van der Waals surface area (Å²) in [5, 5.41) is 0. The van der Waals surface area contributed by atoms with Crippen molar-refractivity contribution in [2.45, 2.75) is 38.1 Å². The average Bonchev–Trinajstić information content (AvgIpc) is 2.76. The van der Waals surface area contributed by atoms with E-state index in [0.29, 0.717) is 18.5 Å². The molecule has 0 N–H and O–H groups in total. The highest BCUT2D eigenvalue weighted by molar-refractivity contribution is 9.13. The summed E-state index contributed by atoms with van der Waals surface area (Å²) >= 11 is 14.2. The molecule has 0 bridgehead atoms. The summed E-state index contributed by atoms with van der Waals surface area (Å²) in [7, 11) is 0. The second kappa shape index (κ2) is 7.43. The molecule has 2 rings (SSSR count). The molecule has 19 heavy (non-hydrogen) atoms. The van der Waals surface area contributed by atoms with Crippen LogP contribution >= 0.6 is 54.8 Å². The minimum absolute atomic E-state index is 0.115. The van der Waals surface area contributed by atoms with Gasteiger partial charge in [0.2, 0.25) is 0 Å². The van der Waals surface area contributed by atoms with Crippen molar-refractivity contribution in [2.24, 2.45) is 0 Å². The van der Waals surface area contributed by atoms with Crippen LogP contribution in [0.2, 0.25) is 0 Å². The first-order chi connectivity index (χ1) is 9.13. The smallest absolute Gasteiger partial charge is 0.264 e. The van der Waals surface area contributed by atoms with Crippen LogP contribution in [0.25, 0.3) is 0 Å². The summed E-state index contributed by atoms with van der Waals surface area (Å²) < 4.78 is 1.90. The van der Waals surface area contributed by atoms with E-state index in [0.717, 1.165) is 26.0 Å². The Morgan fingerprint density at radius 2 is 2.05 bits per heavy atom. The van der Waals surface area contributed by atoms with Crippen LogP contribution in [0.3, 0.4) is 0 Å². The summed E-state index contributed by atoms with van der Waals surface area (Å²) in [6.07, 6.45) is 5.94. The molecule has 6 heteroatoms. The number of alkyl halides is 1. The third kappa shape index (κ3) is 3.96.